The van der Waals surface area contributed by atoms with Gasteiger partial charge in [-0.3, -0.25) is 14.5 Å². The lowest BCUT2D eigenvalue weighted by molar-refractivity contribution is 0.908. The molecular weight excluding hydrogens is 605 g/mol. The molecule has 0 aliphatic carbocycles. The van der Waals surface area contributed by atoms with Crippen molar-refractivity contribution in [3.8, 4) is 51.4 Å². The van der Waals surface area contributed by atoms with E-state index in [0.717, 1.165) is 67.5 Å². The average molecular weight is 633 g/mol. The van der Waals surface area contributed by atoms with Gasteiger partial charge < -0.3 is 0 Å². The molecule has 232 valence electrons. The van der Waals surface area contributed by atoms with Gasteiger partial charge in [-0.2, -0.15) is 0 Å². The zero-order valence-corrected chi connectivity index (χ0v) is 26.6. The summed E-state index contributed by atoms with van der Waals surface area (Å²) in [5.41, 5.74) is 8.05. The maximum atomic E-state index is 5.26. The van der Waals surface area contributed by atoms with Gasteiger partial charge in [-0.15, -0.1) is 0 Å². The summed E-state index contributed by atoms with van der Waals surface area (Å²) in [5, 5.41) is 3.25. The molecule has 9 aromatic rings. The number of hydrogen-bond donors (Lipinski definition) is 0. The number of fused-ring (bicyclic) bond motifs is 5. The molecule has 0 saturated carbocycles. The Labute approximate surface area is 281 Å². The molecular formula is C41H28N8. The van der Waals surface area contributed by atoms with Crippen molar-refractivity contribution in [2.24, 2.45) is 0 Å². The first-order chi connectivity index (χ1) is 24.2. The molecule has 0 saturated heterocycles. The highest BCUT2D eigenvalue weighted by molar-refractivity contribution is 6.19. The number of imidazole rings is 1. The van der Waals surface area contributed by atoms with E-state index in [1.807, 2.05) is 60.7 Å². The molecule has 5 heterocycles. The minimum Gasteiger partial charge on any atom is -0.296 e. The van der Waals surface area contributed by atoms with Crippen LogP contribution in [0.15, 0.2) is 140 Å². The first-order valence-corrected chi connectivity index (χ1v) is 16.2. The van der Waals surface area contributed by atoms with E-state index in [4.69, 9.17) is 24.9 Å². The number of rotatable bonds is 6. The topological polar surface area (TPSA) is 95.2 Å². The van der Waals surface area contributed by atoms with E-state index < -0.39 is 0 Å². The smallest absolute Gasteiger partial charge is 0.182 e. The molecule has 8 nitrogen and oxygen atoms in total. The van der Waals surface area contributed by atoms with Gasteiger partial charge in [0.25, 0.3) is 0 Å². The molecule has 0 radical (unpaired) electrons. The molecule has 0 amide bonds. The Morgan fingerprint density at radius 3 is 1.82 bits per heavy atom. The first-order valence-electron chi connectivity index (χ1n) is 16.2. The second kappa shape index (κ2) is 11.8. The molecule has 0 aliphatic rings. The van der Waals surface area contributed by atoms with Crippen LogP contribution in [0.2, 0.25) is 0 Å². The predicted molar refractivity (Wildman–Crippen MR) is 194 cm³/mol. The Hall–Kier alpha value is -6.67. The first kappa shape index (κ1) is 28.5. The number of aryl methyl sites for hydroxylation is 1. The molecule has 0 aliphatic heterocycles. The van der Waals surface area contributed by atoms with Crippen LogP contribution in [-0.2, 0) is 6.42 Å². The highest BCUT2D eigenvalue weighted by Gasteiger charge is 2.20. The quantitative estimate of drug-likeness (QED) is 0.169. The standard InChI is InChI=1S/C41H28N8/c1-2-35-45-38-34(49(35)28-12-4-3-5-13-28)23-22-30-29-14-6-7-15-31(29)44-37(36(30)38)26-18-20-27(21-19-26)39-46-40(32-16-8-10-24-42-32)48-41(47-39)33-17-9-11-25-43-33/h3-25H,2H2,1H3. The van der Waals surface area contributed by atoms with Crippen molar-refractivity contribution in [1.82, 2.24) is 39.5 Å². The van der Waals surface area contributed by atoms with Crippen LogP contribution in [0.25, 0.3) is 84.1 Å². The van der Waals surface area contributed by atoms with Crippen molar-refractivity contribution < 1.29 is 0 Å². The number of pyridine rings is 3. The van der Waals surface area contributed by atoms with Gasteiger partial charge >= 0.3 is 0 Å². The molecule has 0 atom stereocenters. The van der Waals surface area contributed by atoms with Gasteiger partial charge in [0, 0.05) is 46.4 Å². The Morgan fingerprint density at radius 2 is 1.14 bits per heavy atom. The molecule has 0 fully saturated rings. The SMILES string of the molecule is CCc1nc2c3c(-c4ccc(-c5nc(-c6ccccn6)nc(-c6ccccn6)n5)cc4)nc4ccccc4c3ccc2n1-c1ccccc1. The monoisotopic (exact) mass is 632 g/mol. The van der Waals surface area contributed by atoms with Gasteiger partial charge in [0.1, 0.15) is 17.2 Å². The van der Waals surface area contributed by atoms with Gasteiger partial charge in [0.05, 0.1) is 22.2 Å². The Bertz CT molecular complexity index is 2560. The third-order valence-corrected chi connectivity index (χ3v) is 8.73. The molecule has 9 rings (SSSR count). The number of nitrogens with zero attached hydrogens (tertiary/aromatic N) is 8. The normalized spacial score (nSPS) is 11.4. The summed E-state index contributed by atoms with van der Waals surface area (Å²) in [6.07, 6.45) is 4.26. The number of aromatic nitrogens is 8. The minimum atomic E-state index is 0.487. The lowest BCUT2D eigenvalue weighted by atomic mass is 9.98. The Balaban J connectivity index is 1.23. The van der Waals surface area contributed by atoms with E-state index >= 15 is 0 Å². The van der Waals surface area contributed by atoms with Crippen molar-refractivity contribution in [3.63, 3.8) is 0 Å². The lowest BCUT2D eigenvalue weighted by Crippen LogP contribution is -2.01. The minimum absolute atomic E-state index is 0.487. The van der Waals surface area contributed by atoms with Crippen LogP contribution in [0.4, 0.5) is 0 Å². The highest BCUT2D eigenvalue weighted by atomic mass is 15.1. The number of para-hydroxylation sites is 2. The van der Waals surface area contributed by atoms with E-state index in [0.29, 0.717) is 28.9 Å². The summed E-state index contributed by atoms with van der Waals surface area (Å²) >= 11 is 0. The molecule has 0 bridgehead atoms. The summed E-state index contributed by atoms with van der Waals surface area (Å²) in [6.45, 7) is 2.15. The zero-order valence-electron chi connectivity index (χ0n) is 26.6. The van der Waals surface area contributed by atoms with E-state index in [9.17, 15) is 0 Å². The van der Waals surface area contributed by atoms with Crippen LogP contribution >= 0.6 is 0 Å². The van der Waals surface area contributed by atoms with E-state index in [-0.39, 0.29) is 0 Å². The second-order valence-corrected chi connectivity index (χ2v) is 11.7. The van der Waals surface area contributed by atoms with Gasteiger partial charge in [-0.05, 0) is 53.9 Å². The molecule has 49 heavy (non-hydrogen) atoms. The zero-order chi connectivity index (χ0) is 32.7. The third-order valence-electron chi connectivity index (χ3n) is 8.73. The number of hydrogen-bond acceptors (Lipinski definition) is 7. The van der Waals surface area contributed by atoms with E-state index in [1.165, 1.54) is 0 Å². The summed E-state index contributed by atoms with van der Waals surface area (Å²) in [5.74, 6) is 2.52. The van der Waals surface area contributed by atoms with Gasteiger partial charge in [-0.25, -0.2) is 24.9 Å². The van der Waals surface area contributed by atoms with Crippen LogP contribution in [0.1, 0.15) is 12.7 Å². The van der Waals surface area contributed by atoms with Gasteiger partial charge in [0.15, 0.2) is 17.5 Å². The predicted octanol–water partition coefficient (Wildman–Crippen LogP) is 8.93. The molecule has 5 aromatic heterocycles. The largest absolute Gasteiger partial charge is 0.296 e. The van der Waals surface area contributed by atoms with Crippen LogP contribution in [0, 0.1) is 0 Å². The van der Waals surface area contributed by atoms with Crippen LogP contribution in [-0.4, -0.2) is 39.5 Å². The fourth-order valence-corrected chi connectivity index (χ4v) is 6.44. The van der Waals surface area contributed by atoms with Crippen molar-refractivity contribution in [2.45, 2.75) is 13.3 Å². The molecule has 0 N–H and O–H groups in total. The number of benzene rings is 4. The van der Waals surface area contributed by atoms with Crippen molar-refractivity contribution in [1.29, 1.82) is 0 Å². The summed E-state index contributed by atoms with van der Waals surface area (Å²) < 4.78 is 2.26. The summed E-state index contributed by atoms with van der Waals surface area (Å²) in [7, 11) is 0. The second-order valence-electron chi connectivity index (χ2n) is 11.7. The maximum absolute atomic E-state index is 5.26. The summed E-state index contributed by atoms with van der Waals surface area (Å²) in [4.78, 5) is 33.9. The third kappa shape index (κ3) is 4.98. The molecule has 0 spiro atoms. The lowest BCUT2D eigenvalue weighted by Gasteiger charge is -2.12. The molecule has 8 heteroatoms. The van der Waals surface area contributed by atoms with E-state index in [2.05, 4.69) is 88.2 Å². The van der Waals surface area contributed by atoms with Crippen molar-refractivity contribution >= 4 is 32.7 Å². The maximum Gasteiger partial charge on any atom is 0.182 e. The van der Waals surface area contributed by atoms with Crippen LogP contribution < -0.4 is 0 Å². The van der Waals surface area contributed by atoms with E-state index in [1.54, 1.807) is 12.4 Å². The van der Waals surface area contributed by atoms with Gasteiger partial charge in [-0.1, -0.05) is 85.8 Å². The highest BCUT2D eigenvalue weighted by Crippen LogP contribution is 2.38. The Morgan fingerprint density at radius 1 is 0.510 bits per heavy atom. The van der Waals surface area contributed by atoms with Crippen molar-refractivity contribution in [3.05, 3.63) is 146 Å². The molecule has 4 aromatic carbocycles. The Kier molecular flexibility index (Phi) is 6.90. The fourth-order valence-electron chi connectivity index (χ4n) is 6.44. The van der Waals surface area contributed by atoms with Crippen molar-refractivity contribution in [2.75, 3.05) is 0 Å². The summed E-state index contributed by atoms with van der Waals surface area (Å²) in [6, 6.07) is 42.8. The molecule has 0 unspecified atom stereocenters. The van der Waals surface area contributed by atoms with Gasteiger partial charge in [0.2, 0.25) is 0 Å². The van der Waals surface area contributed by atoms with Crippen LogP contribution in [0.3, 0.4) is 0 Å². The van der Waals surface area contributed by atoms with Crippen LogP contribution in [0.5, 0.6) is 0 Å². The average Bonchev–Trinajstić information content (AvgIpc) is 3.57. The fraction of sp³-hybridized carbons (Fsp3) is 0.0488.